The van der Waals surface area contributed by atoms with Crippen LogP contribution in [-0.2, 0) is 6.61 Å². The average molecular weight is 281 g/mol. The van der Waals surface area contributed by atoms with Crippen LogP contribution in [0.15, 0.2) is 60.8 Å². The Balaban J connectivity index is 1.67. The highest BCUT2D eigenvalue weighted by atomic mass is 32.1. The highest BCUT2D eigenvalue weighted by Crippen LogP contribution is 2.25. The molecule has 2 nitrogen and oxygen atoms in total. The van der Waals surface area contributed by atoms with Crippen molar-refractivity contribution in [1.29, 1.82) is 0 Å². The Morgan fingerprint density at radius 2 is 1.75 bits per heavy atom. The molecule has 0 atom stereocenters. The average Bonchev–Trinajstić information content (AvgIpc) is 2.97. The highest BCUT2D eigenvalue weighted by molar-refractivity contribution is 7.15. The summed E-state index contributed by atoms with van der Waals surface area (Å²) in [4.78, 5) is 5.58. The van der Waals surface area contributed by atoms with E-state index in [0.29, 0.717) is 6.61 Å². The van der Waals surface area contributed by atoms with E-state index in [9.17, 15) is 0 Å². The van der Waals surface area contributed by atoms with E-state index >= 15 is 0 Å². The number of hydrogen-bond acceptors (Lipinski definition) is 3. The van der Waals surface area contributed by atoms with Gasteiger partial charge in [0.2, 0.25) is 0 Å². The molecule has 0 aliphatic carbocycles. The summed E-state index contributed by atoms with van der Waals surface area (Å²) in [5.41, 5.74) is 2.39. The first-order valence-electron chi connectivity index (χ1n) is 6.51. The predicted molar refractivity (Wildman–Crippen MR) is 83.1 cm³/mol. The lowest BCUT2D eigenvalue weighted by Crippen LogP contribution is -1.92. The van der Waals surface area contributed by atoms with Crippen LogP contribution in [0.2, 0.25) is 0 Å². The molecule has 3 heteroatoms. The molecule has 0 N–H and O–H groups in total. The van der Waals surface area contributed by atoms with Crippen molar-refractivity contribution in [3.63, 3.8) is 0 Å². The molecular weight excluding hydrogens is 266 g/mol. The summed E-state index contributed by atoms with van der Waals surface area (Å²) in [6.45, 7) is 2.63. The Morgan fingerprint density at radius 3 is 2.50 bits per heavy atom. The van der Waals surface area contributed by atoms with Crippen LogP contribution < -0.4 is 4.74 Å². The minimum atomic E-state index is 0.563. The van der Waals surface area contributed by atoms with Gasteiger partial charge in [-0.05, 0) is 19.1 Å². The number of ether oxygens (including phenoxy) is 1. The first-order chi connectivity index (χ1) is 9.81. The van der Waals surface area contributed by atoms with Crippen LogP contribution in [0.3, 0.4) is 0 Å². The first-order valence-corrected chi connectivity index (χ1v) is 7.32. The van der Waals surface area contributed by atoms with Crippen LogP contribution >= 0.6 is 11.3 Å². The van der Waals surface area contributed by atoms with Gasteiger partial charge in [-0.1, -0.05) is 48.0 Å². The van der Waals surface area contributed by atoms with Gasteiger partial charge in [0.15, 0.2) is 0 Å². The molecule has 100 valence electrons. The van der Waals surface area contributed by atoms with Crippen LogP contribution in [0, 0.1) is 6.92 Å². The Labute approximate surface area is 122 Å². The molecule has 0 fully saturated rings. The molecule has 1 aromatic heterocycles. The molecule has 0 bridgehead atoms. The molecule has 0 spiro atoms. The molecule has 3 rings (SSSR count). The van der Waals surface area contributed by atoms with Crippen LogP contribution in [0.4, 0.5) is 0 Å². The lowest BCUT2D eigenvalue weighted by Gasteiger charge is -2.04. The number of nitrogens with zero attached hydrogens (tertiary/aromatic N) is 1. The monoisotopic (exact) mass is 281 g/mol. The maximum Gasteiger partial charge on any atom is 0.124 e. The lowest BCUT2D eigenvalue weighted by atomic mass is 10.2. The van der Waals surface area contributed by atoms with Gasteiger partial charge in [-0.25, -0.2) is 4.98 Å². The Morgan fingerprint density at radius 1 is 1.00 bits per heavy atom. The Hall–Kier alpha value is -2.13. The van der Waals surface area contributed by atoms with E-state index in [1.54, 1.807) is 11.3 Å². The van der Waals surface area contributed by atoms with Crippen LogP contribution in [0.1, 0.15) is 10.4 Å². The zero-order valence-corrected chi connectivity index (χ0v) is 12.1. The van der Waals surface area contributed by atoms with Gasteiger partial charge in [0, 0.05) is 11.8 Å². The van der Waals surface area contributed by atoms with Gasteiger partial charge in [-0.2, -0.15) is 0 Å². The summed E-state index contributed by atoms with van der Waals surface area (Å²) in [7, 11) is 0. The summed E-state index contributed by atoms with van der Waals surface area (Å²) in [5, 5.41) is 1.04. The van der Waals surface area contributed by atoms with Gasteiger partial charge in [0.1, 0.15) is 17.4 Å². The number of rotatable bonds is 4. The first kappa shape index (κ1) is 12.9. The summed E-state index contributed by atoms with van der Waals surface area (Å²) in [6.07, 6.45) is 1.89. The zero-order chi connectivity index (χ0) is 13.8. The molecule has 0 saturated carbocycles. The van der Waals surface area contributed by atoms with Crippen LogP contribution in [0.25, 0.3) is 10.6 Å². The molecule has 0 aliphatic heterocycles. The zero-order valence-electron chi connectivity index (χ0n) is 11.2. The van der Waals surface area contributed by atoms with Gasteiger partial charge in [-0.3, -0.25) is 0 Å². The summed E-state index contributed by atoms with van der Waals surface area (Å²) in [5.74, 6) is 0.894. The molecule has 0 saturated heterocycles. The largest absolute Gasteiger partial charge is 0.488 e. The second-order valence-corrected chi connectivity index (χ2v) is 5.71. The Bertz CT molecular complexity index is 674. The molecule has 0 radical (unpaired) electrons. The Kier molecular flexibility index (Phi) is 3.79. The number of aryl methyl sites for hydroxylation is 1. The second-order valence-electron chi connectivity index (χ2n) is 4.60. The van der Waals surface area contributed by atoms with E-state index in [0.717, 1.165) is 21.2 Å². The van der Waals surface area contributed by atoms with Crippen molar-refractivity contribution in [2.24, 2.45) is 0 Å². The SMILES string of the molecule is Cc1ccc(OCc2cnc(-c3ccccc3)s2)cc1. The third-order valence-electron chi connectivity index (χ3n) is 2.98. The maximum atomic E-state index is 5.77. The summed E-state index contributed by atoms with van der Waals surface area (Å²) in [6, 6.07) is 18.3. The molecule has 0 aliphatic rings. The quantitative estimate of drug-likeness (QED) is 0.691. The number of benzene rings is 2. The number of thiazole rings is 1. The number of aromatic nitrogens is 1. The molecular formula is C17H15NOS. The molecule has 1 heterocycles. The van der Waals surface area contributed by atoms with E-state index in [1.165, 1.54) is 5.56 Å². The number of hydrogen-bond donors (Lipinski definition) is 0. The van der Waals surface area contributed by atoms with Crippen molar-refractivity contribution in [3.05, 3.63) is 71.2 Å². The smallest absolute Gasteiger partial charge is 0.124 e. The highest BCUT2D eigenvalue weighted by Gasteiger charge is 2.04. The fourth-order valence-electron chi connectivity index (χ4n) is 1.88. The van der Waals surface area contributed by atoms with Crippen molar-refractivity contribution in [3.8, 4) is 16.3 Å². The van der Waals surface area contributed by atoms with E-state index in [2.05, 4.69) is 36.2 Å². The van der Waals surface area contributed by atoms with Crippen molar-refractivity contribution in [2.75, 3.05) is 0 Å². The molecule has 20 heavy (non-hydrogen) atoms. The second kappa shape index (κ2) is 5.88. The van der Waals surface area contributed by atoms with E-state index in [1.807, 2.05) is 36.5 Å². The van der Waals surface area contributed by atoms with Gasteiger partial charge in [-0.15, -0.1) is 11.3 Å². The van der Waals surface area contributed by atoms with Gasteiger partial charge in [0.25, 0.3) is 0 Å². The van der Waals surface area contributed by atoms with Crippen molar-refractivity contribution in [2.45, 2.75) is 13.5 Å². The lowest BCUT2D eigenvalue weighted by molar-refractivity contribution is 0.309. The third-order valence-corrected chi connectivity index (χ3v) is 4.00. The van der Waals surface area contributed by atoms with Gasteiger partial charge in [0.05, 0.1) is 4.88 Å². The predicted octanol–water partition coefficient (Wildman–Crippen LogP) is 4.70. The molecule has 2 aromatic carbocycles. The topological polar surface area (TPSA) is 22.1 Å². The standard InChI is InChI=1S/C17H15NOS/c1-13-7-9-15(10-8-13)19-12-16-11-18-17(20-16)14-5-3-2-4-6-14/h2-11H,12H2,1H3. The molecule has 0 unspecified atom stereocenters. The van der Waals surface area contributed by atoms with Crippen LogP contribution in [0.5, 0.6) is 5.75 Å². The van der Waals surface area contributed by atoms with Gasteiger partial charge < -0.3 is 4.74 Å². The van der Waals surface area contributed by atoms with Crippen molar-refractivity contribution < 1.29 is 4.74 Å². The summed E-state index contributed by atoms with van der Waals surface area (Å²) < 4.78 is 5.77. The van der Waals surface area contributed by atoms with Crippen molar-refractivity contribution >= 4 is 11.3 Å². The summed E-state index contributed by atoms with van der Waals surface area (Å²) >= 11 is 1.67. The molecule has 0 amide bonds. The van der Waals surface area contributed by atoms with E-state index < -0.39 is 0 Å². The maximum absolute atomic E-state index is 5.77. The van der Waals surface area contributed by atoms with Crippen LogP contribution in [-0.4, -0.2) is 4.98 Å². The van der Waals surface area contributed by atoms with E-state index in [-0.39, 0.29) is 0 Å². The fourth-order valence-corrected chi connectivity index (χ4v) is 2.71. The molecule has 3 aromatic rings. The van der Waals surface area contributed by atoms with Gasteiger partial charge >= 0.3 is 0 Å². The van der Waals surface area contributed by atoms with Crippen molar-refractivity contribution in [1.82, 2.24) is 4.98 Å². The minimum Gasteiger partial charge on any atom is -0.488 e. The fraction of sp³-hybridized carbons (Fsp3) is 0.118. The van der Waals surface area contributed by atoms with E-state index in [4.69, 9.17) is 4.74 Å². The normalized spacial score (nSPS) is 10.4. The minimum absolute atomic E-state index is 0.563. The third kappa shape index (κ3) is 3.06.